The summed E-state index contributed by atoms with van der Waals surface area (Å²) >= 11 is 0. The second-order valence-corrected chi connectivity index (χ2v) is 2.41. The van der Waals surface area contributed by atoms with Gasteiger partial charge in [-0.3, -0.25) is 0 Å². The molecule has 2 nitrogen and oxygen atoms in total. The van der Waals surface area contributed by atoms with Crippen LogP contribution >= 0.6 is 0 Å². The zero-order valence-corrected chi connectivity index (χ0v) is 6.62. The molecule has 0 saturated heterocycles. The van der Waals surface area contributed by atoms with Crippen LogP contribution in [0, 0.1) is 0 Å². The molecule has 0 aromatic heterocycles. The largest absolute Gasteiger partial charge is 0.314 e. The molecule has 0 bridgehead atoms. The van der Waals surface area contributed by atoms with E-state index in [9.17, 15) is 0 Å². The summed E-state index contributed by atoms with van der Waals surface area (Å²) in [6.45, 7) is 3.66. The molecule has 0 aliphatic rings. The average Bonchev–Trinajstić information content (AvgIpc) is 2.05. The summed E-state index contributed by atoms with van der Waals surface area (Å²) in [6.07, 6.45) is 1.81. The van der Waals surface area contributed by atoms with Gasteiger partial charge in [-0.05, 0) is 17.7 Å². The van der Waals surface area contributed by atoms with E-state index >= 15 is 0 Å². The van der Waals surface area contributed by atoms with Crippen LogP contribution in [-0.4, -0.2) is 7.05 Å². The van der Waals surface area contributed by atoms with E-state index in [1.165, 1.54) is 0 Å². The van der Waals surface area contributed by atoms with Crippen LogP contribution in [0.25, 0.3) is 6.08 Å². The minimum Gasteiger partial charge on any atom is -0.314 e. The zero-order chi connectivity index (χ0) is 8.27. The summed E-state index contributed by atoms with van der Waals surface area (Å²) in [4.78, 5) is 0. The van der Waals surface area contributed by atoms with Gasteiger partial charge >= 0.3 is 0 Å². The maximum absolute atomic E-state index is 5.51. The Kier molecular flexibility index (Phi) is 2.28. The third-order valence-corrected chi connectivity index (χ3v) is 1.54. The minimum atomic E-state index is 0.996. The predicted molar refractivity (Wildman–Crippen MR) is 49.1 cm³/mol. The Morgan fingerprint density at radius 3 is 2.27 bits per heavy atom. The first-order valence-electron chi connectivity index (χ1n) is 3.45. The highest BCUT2D eigenvalue weighted by Crippen LogP contribution is 2.11. The number of hydrogen-bond acceptors (Lipinski definition) is 2. The molecule has 0 unspecified atom stereocenters. The van der Waals surface area contributed by atoms with E-state index in [1.807, 2.05) is 31.3 Å². The summed E-state index contributed by atoms with van der Waals surface area (Å²) in [7, 11) is 1.81. The second kappa shape index (κ2) is 3.21. The van der Waals surface area contributed by atoms with Gasteiger partial charge < -0.3 is 5.01 Å². The molecular weight excluding hydrogens is 136 g/mol. The van der Waals surface area contributed by atoms with Crippen LogP contribution in [-0.2, 0) is 0 Å². The molecule has 0 atom stereocenters. The van der Waals surface area contributed by atoms with Crippen molar-refractivity contribution in [2.75, 3.05) is 12.1 Å². The third kappa shape index (κ3) is 1.82. The van der Waals surface area contributed by atoms with Crippen LogP contribution in [0.15, 0.2) is 30.8 Å². The molecule has 1 aromatic rings. The molecule has 0 fully saturated rings. The van der Waals surface area contributed by atoms with Crippen molar-refractivity contribution in [1.29, 1.82) is 0 Å². The molecule has 1 aromatic carbocycles. The molecule has 2 heteroatoms. The van der Waals surface area contributed by atoms with Gasteiger partial charge in [0.1, 0.15) is 0 Å². The molecule has 0 radical (unpaired) electrons. The van der Waals surface area contributed by atoms with E-state index in [1.54, 1.807) is 11.1 Å². The van der Waals surface area contributed by atoms with Crippen molar-refractivity contribution in [3.8, 4) is 0 Å². The van der Waals surface area contributed by atoms with Gasteiger partial charge in [-0.15, -0.1) is 0 Å². The van der Waals surface area contributed by atoms with E-state index in [2.05, 4.69) is 6.58 Å². The molecular formula is C9H12N2. The maximum atomic E-state index is 5.51. The summed E-state index contributed by atoms with van der Waals surface area (Å²) < 4.78 is 0. The van der Waals surface area contributed by atoms with E-state index in [0.717, 1.165) is 11.3 Å². The van der Waals surface area contributed by atoms with Crippen LogP contribution in [0.1, 0.15) is 5.56 Å². The molecule has 0 amide bonds. The first-order valence-corrected chi connectivity index (χ1v) is 3.45. The molecule has 1 rings (SSSR count). The number of hydrazine groups is 1. The Labute approximate surface area is 66.9 Å². The van der Waals surface area contributed by atoms with E-state index in [4.69, 9.17) is 5.84 Å². The minimum absolute atomic E-state index is 0.996. The van der Waals surface area contributed by atoms with Crippen molar-refractivity contribution >= 4 is 11.8 Å². The quantitative estimate of drug-likeness (QED) is 0.510. The molecule has 2 N–H and O–H groups in total. The highest BCUT2D eigenvalue weighted by Gasteiger charge is 1.92. The van der Waals surface area contributed by atoms with Gasteiger partial charge in [-0.2, -0.15) is 0 Å². The van der Waals surface area contributed by atoms with Gasteiger partial charge in [-0.1, -0.05) is 24.8 Å². The molecule has 0 saturated carbocycles. The predicted octanol–water partition coefficient (Wildman–Crippen LogP) is 1.64. The van der Waals surface area contributed by atoms with E-state index < -0.39 is 0 Å². The zero-order valence-electron chi connectivity index (χ0n) is 6.62. The van der Waals surface area contributed by atoms with E-state index in [-0.39, 0.29) is 0 Å². The van der Waals surface area contributed by atoms with Crippen LogP contribution in [0.2, 0.25) is 0 Å². The molecule has 11 heavy (non-hydrogen) atoms. The summed E-state index contributed by atoms with van der Waals surface area (Å²) in [5.74, 6) is 5.51. The highest BCUT2D eigenvalue weighted by molar-refractivity contribution is 5.53. The fourth-order valence-corrected chi connectivity index (χ4v) is 0.846. The monoisotopic (exact) mass is 148 g/mol. The highest BCUT2D eigenvalue weighted by atomic mass is 15.4. The van der Waals surface area contributed by atoms with Crippen molar-refractivity contribution in [1.82, 2.24) is 0 Å². The van der Waals surface area contributed by atoms with Crippen LogP contribution in [0.5, 0.6) is 0 Å². The first kappa shape index (κ1) is 7.82. The number of nitrogens with two attached hydrogens (primary N) is 1. The fourth-order valence-electron chi connectivity index (χ4n) is 0.846. The van der Waals surface area contributed by atoms with Gasteiger partial charge in [-0.25, -0.2) is 5.84 Å². The maximum Gasteiger partial charge on any atom is 0.0514 e. The fraction of sp³-hybridized carbons (Fsp3) is 0.111. The Hall–Kier alpha value is -1.28. The van der Waals surface area contributed by atoms with Gasteiger partial charge in [0.25, 0.3) is 0 Å². The summed E-state index contributed by atoms with van der Waals surface area (Å²) in [5, 5.41) is 1.58. The third-order valence-electron chi connectivity index (χ3n) is 1.54. The number of benzene rings is 1. The lowest BCUT2D eigenvalue weighted by Crippen LogP contribution is -2.24. The van der Waals surface area contributed by atoms with Crippen LogP contribution in [0.3, 0.4) is 0 Å². The number of rotatable bonds is 2. The standard InChI is InChI=1S/C9H12N2/c1-3-8-4-6-9(7-5-8)11(2)10/h3-7H,1,10H2,2H3. The summed E-state index contributed by atoms with van der Waals surface area (Å²) in [6, 6.07) is 7.87. The lowest BCUT2D eigenvalue weighted by Gasteiger charge is -2.11. The molecule has 0 aliphatic heterocycles. The lowest BCUT2D eigenvalue weighted by atomic mass is 10.2. The van der Waals surface area contributed by atoms with Crippen molar-refractivity contribution in [2.24, 2.45) is 5.84 Å². The lowest BCUT2D eigenvalue weighted by molar-refractivity contribution is 1.02. The van der Waals surface area contributed by atoms with E-state index in [0.29, 0.717) is 0 Å². The molecule has 0 aliphatic carbocycles. The second-order valence-electron chi connectivity index (χ2n) is 2.41. The van der Waals surface area contributed by atoms with Crippen molar-refractivity contribution in [3.63, 3.8) is 0 Å². The Morgan fingerprint density at radius 1 is 1.36 bits per heavy atom. The average molecular weight is 148 g/mol. The van der Waals surface area contributed by atoms with Gasteiger partial charge in [0.05, 0.1) is 5.69 Å². The first-order chi connectivity index (χ1) is 5.24. The Morgan fingerprint density at radius 2 is 1.91 bits per heavy atom. The van der Waals surface area contributed by atoms with Crippen molar-refractivity contribution in [3.05, 3.63) is 36.4 Å². The Bertz CT molecular complexity index is 236. The number of nitrogens with zero attached hydrogens (tertiary/aromatic N) is 1. The van der Waals surface area contributed by atoms with Gasteiger partial charge in [0.15, 0.2) is 0 Å². The smallest absolute Gasteiger partial charge is 0.0514 e. The number of hydrogen-bond donors (Lipinski definition) is 1. The number of anilines is 1. The van der Waals surface area contributed by atoms with Crippen LogP contribution in [0.4, 0.5) is 5.69 Å². The van der Waals surface area contributed by atoms with Crippen LogP contribution < -0.4 is 10.9 Å². The SMILES string of the molecule is C=Cc1ccc(N(C)N)cc1. The van der Waals surface area contributed by atoms with Gasteiger partial charge in [0, 0.05) is 7.05 Å². The van der Waals surface area contributed by atoms with Crippen molar-refractivity contribution < 1.29 is 0 Å². The molecule has 0 heterocycles. The topological polar surface area (TPSA) is 29.3 Å². The van der Waals surface area contributed by atoms with Gasteiger partial charge in [0.2, 0.25) is 0 Å². The Balaban J connectivity index is 2.91. The summed E-state index contributed by atoms with van der Waals surface area (Å²) in [5.41, 5.74) is 2.10. The molecule has 0 spiro atoms. The molecule has 58 valence electrons. The normalized spacial score (nSPS) is 9.27. The van der Waals surface area contributed by atoms with Crippen molar-refractivity contribution in [2.45, 2.75) is 0 Å².